The third kappa shape index (κ3) is 15.4. The lowest BCUT2D eigenvalue weighted by molar-refractivity contribution is 0.0546. The molecule has 1 aliphatic rings. The minimum atomic E-state index is -3.19. The number of nitrogens with two attached hydrogens (primary N) is 2. The zero-order chi connectivity index (χ0) is 31.2. The molecule has 12 nitrogen and oxygen atoms in total. The van der Waals surface area contributed by atoms with Gasteiger partial charge in [0.25, 0.3) is 7.52 Å². The van der Waals surface area contributed by atoms with Crippen molar-refractivity contribution in [1.29, 1.82) is 0 Å². The molecule has 1 aliphatic carbocycles. The van der Waals surface area contributed by atoms with Crippen molar-refractivity contribution in [2.45, 2.75) is 46.6 Å². The van der Waals surface area contributed by atoms with E-state index in [1.165, 1.54) is 19.3 Å². The number of ether oxygens (including phenoxy) is 2. The molecule has 6 N–H and O–H groups in total. The van der Waals surface area contributed by atoms with Crippen LogP contribution in [-0.2, 0) is 25.1 Å². The quantitative estimate of drug-likeness (QED) is 0.111. The molecule has 236 valence electrons. The number of hydrogen-bond donors (Lipinski definition) is 4. The van der Waals surface area contributed by atoms with Gasteiger partial charge < -0.3 is 34.7 Å². The van der Waals surface area contributed by atoms with Crippen molar-refractivity contribution in [3.63, 3.8) is 0 Å². The van der Waals surface area contributed by atoms with Gasteiger partial charge in [0.2, 0.25) is 5.95 Å². The zero-order valence-corrected chi connectivity index (χ0v) is 26.4. The number of anilines is 2. The van der Waals surface area contributed by atoms with Crippen LogP contribution in [0.5, 0.6) is 0 Å². The Morgan fingerprint density at radius 3 is 2.33 bits per heavy atom. The molecule has 0 spiro atoms. The van der Waals surface area contributed by atoms with Gasteiger partial charge in [0, 0.05) is 33.4 Å². The number of nitrogens with zero attached hydrogens (tertiary/aromatic N) is 4. The van der Waals surface area contributed by atoms with E-state index in [0.717, 1.165) is 26.2 Å². The molecule has 0 amide bonds. The molecule has 1 atom stereocenters. The maximum absolute atomic E-state index is 11.7. The lowest BCUT2D eigenvalue weighted by Crippen LogP contribution is -2.18. The van der Waals surface area contributed by atoms with E-state index in [4.69, 9.17) is 30.3 Å². The van der Waals surface area contributed by atoms with E-state index in [1.807, 2.05) is 36.4 Å². The maximum Gasteiger partial charge on any atom is 0.292 e. The van der Waals surface area contributed by atoms with Crippen molar-refractivity contribution in [2.24, 2.45) is 17.3 Å². The smallest absolute Gasteiger partial charge is 0.292 e. The molecule has 0 saturated heterocycles. The third-order valence-electron chi connectivity index (χ3n) is 5.69. The fourth-order valence-electron chi connectivity index (χ4n) is 3.54. The van der Waals surface area contributed by atoms with E-state index in [2.05, 4.69) is 40.7 Å². The maximum atomic E-state index is 11.7. The molecule has 13 heteroatoms. The molecule has 2 aromatic heterocycles. The van der Waals surface area contributed by atoms with Gasteiger partial charge >= 0.3 is 0 Å². The highest BCUT2D eigenvalue weighted by atomic mass is 31.2. The number of nitrogens with one attached hydrogen (secondary N) is 1. The topological polar surface area (TPSA) is 173 Å². The Morgan fingerprint density at radius 1 is 1.17 bits per heavy atom. The molecule has 0 aliphatic heterocycles. The van der Waals surface area contributed by atoms with Crippen LogP contribution < -0.4 is 16.6 Å². The van der Waals surface area contributed by atoms with Crippen LogP contribution in [-0.4, -0.2) is 71.1 Å². The zero-order valence-electron chi connectivity index (χ0n) is 25.5. The Hall–Kier alpha value is -2.86. The van der Waals surface area contributed by atoms with Crippen molar-refractivity contribution < 1.29 is 23.7 Å². The fraction of sp³-hybridized carbons (Fsp3) is 0.552. The van der Waals surface area contributed by atoms with Crippen LogP contribution in [0.1, 0.15) is 40.0 Å². The lowest BCUT2D eigenvalue weighted by atomic mass is 9.86. The average Bonchev–Trinajstić information content (AvgIpc) is 3.36. The van der Waals surface area contributed by atoms with Gasteiger partial charge in [-0.05, 0) is 31.6 Å². The molecule has 1 unspecified atom stereocenters. The molecule has 2 heterocycles. The van der Waals surface area contributed by atoms with Gasteiger partial charge in [-0.2, -0.15) is 9.97 Å². The molecular formula is C29H50N7O5P. The Bertz CT molecular complexity index is 1130. The fourth-order valence-corrected chi connectivity index (χ4v) is 4.44. The van der Waals surface area contributed by atoms with Gasteiger partial charge in [-0.15, -0.1) is 6.58 Å². The molecule has 1 saturated carbocycles. The van der Waals surface area contributed by atoms with E-state index in [1.54, 1.807) is 23.9 Å². The highest BCUT2D eigenvalue weighted by Gasteiger charge is 2.17. The Morgan fingerprint density at radius 2 is 1.81 bits per heavy atom. The first kappa shape index (κ1) is 37.2. The summed E-state index contributed by atoms with van der Waals surface area (Å²) in [6, 6.07) is 12.0. The largest absolute Gasteiger partial charge is 0.400 e. The van der Waals surface area contributed by atoms with Gasteiger partial charge in [0.1, 0.15) is 6.35 Å². The molecular weight excluding hydrogens is 557 g/mol. The number of fused-ring (bicyclic) bond motifs is 1. The number of aromatic nitrogens is 4. The molecule has 4 rings (SSSR count). The van der Waals surface area contributed by atoms with E-state index in [9.17, 15) is 4.57 Å². The Balaban J connectivity index is 0.000000398. The number of aliphatic hydroxyl groups excluding tert-OH is 1. The van der Waals surface area contributed by atoms with Crippen molar-refractivity contribution in [3.8, 4) is 0 Å². The molecule has 3 aromatic rings. The van der Waals surface area contributed by atoms with E-state index in [-0.39, 0.29) is 25.5 Å². The number of benzene rings is 1. The standard InChI is InChI=1S/C13H22N7O3P.C9H18O.C6H6.CH4O/c1-3-5-16-11-10-12(19-13(14)18-11)20(8-17-10)6-7-22-9-24(15,21)23-4-2;1-8(2)6-10-7-9-4-3-5-9;1-2-4-6-5-3-1;1-2/h3,8H,1,4-7,9H2,2H3,(H2,15,21)(H3,14,16,18,19);8-9H,3-7H2,1-2H3;1-6H;2H,1H3. The SMILES string of the molecule is C=CCNc1nc(N)nc2c1ncn2CCOCP(N)(=O)OCC.CC(C)COCC1CCC1.CO.c1ccccc1. The van der Waals surface area contributed by atoms with Crippen LogP contribution >= 0.6 is 7.52 Å². The highest BCUT2D eigenvalue weighted by Crippen LogP contribution is 2.36. The summed E-state index contributed by atoms with van der Waals surface area (Å²) in [7, 11) is -2.19. The minimum absolute atomic E-state index is 0.138. The van der Waals surface area contributed by atoms with Gasteiger partial charge in [-0.3, -0.25) is 10.1 Å². The predicted molar refractivity (Wildman–Crippen MR) is 170 cm³/mol. The summed E-state index contributed by atoms with van der Waals surface area (Å²) in [4.78, 5) is 12.6. The summed E-state index contributed by atoms with van der Waals surface area (Å²) in [5, 5.41) is 10.1. The van der Waals surface area contributed by atoms with E-state index in [0.29, 0.717) is 36.0 Å². The summed E-state index contributed by atoms with van der Waals surface area (Å²) in [5.74, 6) is 2.28. The van der Waals surface area contributed by atoms with Crippen LogP contribution in [0.25, 0.3) is 11.2 Å². The normalized spacial score (nSPS) is 13.8. The lowest BCUT2D eigenvalue weighted by Gasteiger charge is -2.25. The molecule has 0 radical (unpaired) electrons. The van der Waals surface area contributed by atoms with Crippen molar-refractivity contribution in [3.05, 3.63) is 55.4 Å². The van der Waals surface area contributed by atoms with Crippen molar-refractivity contribution in [1.82, 2.24) is 19.5 Å². The first-order valence-corrected chi connectivity index (χ1v) is 16.1. The second-order valence-corrected chi connectivity index (χ2v) is 11.7. The van der Waals surface area contributed by atoms with Gasteiger partial charge in [0.05, 0.1) is 19.5 Å². The molecule has 1 fully saturated rings. The summed E-state index contributed by atoms with van der Waals surface area (Å²) in [6.45, 7) is 13.2. The molecule has 0 bridgehead atoms. The van der Waals surface area contributed by atoms with Crippen LogP contribution in [0.3, 0.4) is 0 Å². The van der Waals surface area contributed by atoms with Crippen molar-refractivity contribution >= 4 is 30.4 Å². The first-order chi connectivity index (χ1) is 20.3. The predicted octanol–water partition coefficient (Wildman–Crippen LogP) is 4.92. The monoisotopic (exact) mass is 607 g/mol. The number of aliphatic hydroxyl groups is 1. The van der Waals surface area contributed by atoms with Crippen LogP contribution in [0.2, 0.25) is 0 Å². The molecule has 1 aromatic carbocycles. The Kier molecular flexibility index (Phi) is 19.3. The second kappa shape index (κ2) is 21.8. The van der Waals surface area contributed by atoms with Crippen molar-refractivity contribution in [2.75, 3.05) is 57.5 Å². The average molecular weight is 608 g/mol. The summed E-state index contributed by atoms with van der Waals surface area (Å²) in [6.07, 6.45) is 7.41. The Labute approximate surface area is 250 Å². The third-order valence-corrected chi connectivity index (χ3v) is 6.92. The highest BCUT2D eigenvalue weighted by molar-refractivity contribution is 7.56. The number of hydrogen-bond acceptors (Lipinski definition) is 10. The molecule has 42 heavy (non-hydrogen) atoms. The number of nitrogen functional groups attached to an aromatic ring is 1. The summed E-state index contributed by atoms with van der Waals surface area (Å²) >= 11 is 0. The first-order valence-electron chi connectivity index (χ1n) is 14.2. The second-order valence-electron chi connectivity index (χ2n) is 9.77. The van der Waals surface area contributed by atoms with Crippen LogP contribution in [0.4, 0.5) is 11.8 Å². The van der Waals surface area contributed by atoms with Crippen LogP contribution in [0, 0.1) is 11.8 Å². The number of rotatable bonds is 14. The van der Waals surface area contributed by atoms with Gasteiger partial charge in [0.15, 0.2) is 17.0 Å². The van der Waals surface area contributed by atoms with Crippen LogP contribution in [0.15, 0.2) is 55.4 Å². The van der Waals surface area contributed by atoms with E-state index >= 15 is 0 Å². The summed E-state index contributed by atoms with van der Waals surface area (Å²) in [5.41, 5.74) is 12.4. The van der Waals surface area contributed by atoms with Gasteiger partial charge in [-0.1, -0.05) is 62.7 Å². The van der Waals surface area contributed by atoms with E-state index < -0.39 is 7.52 Å². The summed E-state index contributed by atoms with van der Waals surface area (Å²) < 4.78 is 29.3. The van der Waals surface area contributed by atoms with Gasteiger partial charge in [-0.25, -0.2) is 4.98 Å². The number of imidazole rings is 1. The minimum Gasteiger partial charge on any atom is -0.400 e.